The van der Waals surface area contributed by atoms with Crippen molar-refractivity contribution in [2.45, 2.75) is 13.5 Å². The number of hydrogen-bond donors (Lipinski definition) is 0. The van der Waals surface area contributed by atoms with Crippen molar-refractivity contribution in [2.24, 2.45) is 0 Å². The van der Waals surface area contributed by atoms with Crippen molar-refractivity contribution in [3.05, 3.63) is 102 Å². The SMILES string of the molecule is Cc1ccc(OCc2ccc(C(=O)Oc3cccc4cccnc34)cc2)cc1. The second kappa shape index (κ2) is 7.92. The van der Waals surface area contributed by atoms with Crippen molar-refractivity contribution in [1.82, 2.24) is 4.98 Å². The van der Waals surface area contributed by atoms with E-state index in [0.717, 1.165) is 16.7 Å². The number of nitrogens with zero attached hydrogens (tertiary/aromatic N) is 1. The molecule has 0 unspecified atom stereocenters. The number of carbonyl (C=O) groups is 1. The van der Waals surface area contributed by atoms with Crippen molar-refractivity contribution in [2.75, 3.05) is 0 Å². The van der Waals surface area contributed by atoms with Gasteiger partial charge in [0, 0.05) is 11.6 Å². The third-order valence-corrected chi connectivity index (χ3v) is 4.41. The summed E-state index contributed by atoms with van der Waals surface area (Å²) in [5.41, 5.74) is 3.31. The summed E-state index contributed by atoms with van der Waals surface area (Å²) in [6, 6.07) is 24.4. The molecule has 4 heteroatoms. The predicted molar refractivity (Wildman–Crippen MR) is 109 cm³/mol. The van der Waals surface area contributed by atoms with Crippen molar-refractivity contribution in [1.29, 1.82) is 0 Å². The minimum atomic E-state index is -0.413. The van der Waals surface area contributed by atoms with Crippen LogP contribution >= 0.6 is 0 Å². The lowest BCUT2D eigenvalue weighted by Gasteiger charge is -2.09. The first-order chi connectivity index (χ1) is 13.7. The van der Waals surface area contributed by atoms with E-state index in [1.807, 2.05) is 67.6 Å². The van der Waals surface area contributed by atoms with E-state index in [1.165, 1.54) is 5.56 Å². The van der Waals surface area contributed by atoms with E-state index >= 15 is 0 Å². The van der Waals surface area contributed by atoms with Crippen LogP contribution in [0.15, 0.2) is 85.1 Å². The lowest BCUT2D eigenvalue weighted by atomic mass is 10.1. The molecule has 0 saturated carbocycles. The first kappa shape index (κ1) is 17.7. The number of benzene rings is 3. The summed E-state index contributed by atoms with van der Waals surface area (Å²) in [6.45, 7) is 2.47. The Labute approximate surface area is 163 Å². The van der Waals surface area contributed by atoms with E-state index in [-0.39, 0.29) is 0 Å². The zero-order valence-corrected chi connectivity index (χ0v) is 15.5. The number of rotatable bonds is 5. The number of esters is 1. The quantitative estimate of drug-likeness (QED) is 0.352. The fourth-order valence-corrected chi connectivity index (χ4v) is 2.86. The molecule has 28 heavy (non-hydrogen) atoms. The first-order valence-electron chi connectivity index (χ1n) is 9.03. The predicted octanol–water partition coefficient (Wildman–Crippen LogP) is 5.34. The average molecular weight is 369 g/mol. The molecule has 1 aromatic heterocycles. The zero-order chi connectivity index (χ0) is 19.3. The number of para-hydroxylation sites is 1. The molecule has 0 amide bonds. The Morgan fingerprint density at radius 2 is 1.64 bits per heavy atom. The highest BCUT2D eigenvalue weighted by atomic mass is 16.5. The molecule has 1 heterocycles. The molecule has 0 aliphatic rings. The molecule has 0 aliphatic carbocycles. The molecular weight excluding hydrogens is 350 g/mol. The zero-order valence-electron chi connectivity index (χ0n) is 15.5. The minimum Gasteiger partial charge on any atom is -0.489 e. The van der Waals surface area contributed by atoms with Gasteiger partial charge in [-0.05, 0) is 48.9 Å². The van der Waals surface area contributed by atoms with Gasteiger partial charge in [0.15, 0.2) is 5.75 Å². The molecule has 0 N–H and O–H groups in total. The van der Waals surface area contributed by atoms with Crippen LogP contribution in [0.2, 0.25) is 0 Å². The highest BCUT2D eigenvalue weighted by molar-refractivity contribution is 5.94. The molecule has 0 saturated heterocycles. The maximum Gasteiger partial charge on any atom is 0.343 e. The van der Waals surface area contributed by atoms with Gasteiger partial charge in [-0.2, -0.15) is 0 Å². The van der Waals surface area contributed by atoms with E-state index in [4.69, 9.17) is 9.47 Å². The van der Waals surface area contributed by atoms with Gasteiger partial charge >= 0.3 is 5.97 Å². The molecule has 0 bridgehead atoms. The molecule has 4 aromatic rings. The lowest BCUT2D eigenvalue weighted by Crippen LogP contribution is -2.09. The van der Waals surface area contributed by atoms with Gasteiger partial charge < -0.3 is 9.47 Å². The number of aromatic nitrogens is 1. The van der Waals surface area contributed by atoms with Crippen molar-refractivity contribution in [3.63, 3.8) is 0 Å². The Bertz CT molecular complexity index is 1100. The summed E-state index contributed by atoms with van der Waals surface area (Å²) in [5, 5.41) is 0.927. The fraction of sp³-hybridized carbons (Fsp3) is 0.0833. The summed E-state index contributed by atoms with van der Waals surface area (Å²) in [6.07, 6.45) is 1.68. The normalized spacial score (nSPS) is 10.6. The van der Waals surface area contributed by atoms with Crippen LogP contribution in [0, 0.1) is 6.92 Å². The summed E-state index contributed by atoms with van der Waals surface area (Å²) in [7, 11) is 0. The molecule has 0 radical (unpaired) electrons. The lowest BCUT2D eigenvalue weighted by molar-refractivity contribution is 0.0736. The molecular formula is C24H19NO3. The smallest absolute Gasteiger partial charge is 0.343 e. The highest BCUT2D eigenvalue weighted by Crippen LogP contribution is 2.24. The number of carbonyl (C=O) groups excluding carboxylic acids is 1. The number of hydrogen-bond acceptors (Lipinski definition) is 4. The van der Waals surface area contributed by atoms with E-state index in [2.05, 4.69) is 4.98 Å². The average Bonchev–Trinajstić information content (AvgIpc) is 2.74. The van der Waals surface area contributed by atoms with Gasteiger partial charge in [-0.1, -0.05) is 48.0 Å². The van der Waals surface area contributed by atoms with E-state index in [1.54, 1.807) is 24.4 Å². The van der Waals surface area contributed by atoms with Crippen LogP contribution in [0.1, 0.15) is 21.5 Å². The Hall–Kier alpha value is -3.66. The third-order valence-electron chi connectivity index (χ3n) is 4.41. The van der Waals surface area contributed by atoms with Crippen molar-refractivity contribution < 1.29 is 14.3 Å². The standard InChI is InChI=1S/C24H19NO3/c1-17-7-13-21(14-8-17)27-16-18-9-11-20(12-10-18)24(26)28-22-6-2-4-19-5-3-15-25-23(19)22/h2-15H,16H2,1H3. The van der Waals surface area contributed by atoms with Gasteiger partial charge in [0.05, 0.1) is 5.56 Å². The fourth-order valence-electron chi connectivity index (χ4n) is 2.86. The van der Waals surface area contributed by atoms with E-state index < -0.39 is 5.97 Å². The maximum atomic E-state index is 12.5. The molecule has 4 rings (SSSR count). The Kier molecular flexibility index (Phi) is 5.02. The van der Waals surface area contributed by atoms with Gasteiger partial charge in [-0.15, -0.1) is 0 Å². The van der Waals surface area contributed by atoms with Gasteiger partial charge in [0.2, 0.25) is 0 Å². The van der Waals surface area contributed by atoms with Crippen LogP contribution in [0.4, 0.5) is 0 Å². The first-order valence-corrected chi connectivity index (χ1v) is 9.03. The van der Waals surface area contributed by atoms with Crippen molar-refractivity contribution in [3.8, 4) is 11.5 Å². The maximum absolute atomic E-state index is 12.5. The second-order valence-electron chi connectivity index (χ2n) is 6.52. The molecule has 0 atom stereocenters. The number of ether oxygens (including phenoxy) is 2. The molecule has 138 valence electrons. The Morgan fingerprint density at radius 1 is 0.893 bits per heavy atom. The summed E-state index contributed by atoms with van der Waals surface area (Å²) >= 11 is 0. The van der Waals surface area contributed by atoms with Gasteiger partial charge in [-0.3, -0.25) is 4.98 Å². The van der Waals surface area contributed by atoms with Gasteiger partial charge in [0.25, 0.3) is 0 Å². The van der Waals surface area contributed by atoms with Crippen LogP contribution < -0.4 is 9.47 Å². The number of aryl methyl sites for hydroxylation is 1. The van der Waals surface area contributed by atoms with E-state index in [0.29, 0.717) is 23.4 Å². The number of fused-ring (bicyclic) bond motifs is 1. The van der Waals surface area contributed by atoms with E-state index in [9.17, 15) is 4.79 Å². The monoisotopic (exact) mass is 369 g/mol. The molecule has 3 aromatic carbocycles. The Balaban J connectivity index is 1.43. The highest BCUT2D eigenvalue weighted by Gasteiger charge is 2.11. The Morgan fingerprint density at radius 3 is 2.43 bits per heavy atom. The van der Waals surface area contributed by atoms with Crippen LogP contribution in [0.25, 0.3) is 10.9 Å². The van der Waals surface area contributed by atoms with Gasteiger partial charge in [0.1, 0.15) is 17.9 Å². The topological polar surface area (TPSA) is 48.4 Å². The molecule has 0 spiro atoms. The second-order valence-corrected chi connectivity index (χ2v) is 6.52. The number of pyridine rings is 1. The van der Waals surface area contributed by atoms with Crippen LogP contribution in [0.5, 0.6) is 11.5 Å². The largest absolute Gasteiger partial charge is 0.489 e. The van der Waals surface area contributed by atoms with Crippen LogP contribution in [0.3, 0.4) is 0 Å². The van der Waals surface area contributed by atoms with Crippen LogP contribution in [-0.2, 0) is 6.61 Å². The van der Waals surface area contributed by atoms with Gasteiger partial charge in [-0.25, -0.2) is 4.79 Å². The molecule has 4 nitrogen and oxygen atoms in total. The molecule has 0 aliphatic heterocycles. The third kappa shape index (κ3) is 4.01. The van der Waals surface area contributed by atoms with Crippen LogP contribution in [-0.4, -0.2) is 11.0 Å². The molecule has 0 fully saturated rings. The summed E-state index contributed by atoms with van der Waals surface area (Å²) < 4.78 is 11.3. The summed E-state index contributed by atoms with van der Waals surface area (Å²) in [5.74, 6) is 0.858. The van der Waals surface area contributed by atoms with Crippen molar-refractivity contribution >= 4 is 16.9 Å². The minimum absolute atomic E-state index is 0.413. The summed E-state index contributed by atoms with van der Waals surface area (Å²) in [4.78, 5) is 16.8.